The first-order valence-corrected chi connectivity index (χ1v) is 9.33. The number of nitrogens with zero attached hydrogens (tertiary/aromatic N) is 3. The van der Waals surface area contributed by atoms with Crippen molar-refractivity contribution in [2.24, 2.45) is 0 Å². The van der Waals surface area contributed by atoms with Crippen LogP contribution >= 0.6 is 11.8 Å². The average molecular weight is 369 g/mol. The minimum atomic E-state index is 0.437. The van der Waals surface area contributed by atoms with Crippen molar-refractivity contribution in [3.05, 3.63) is 73.1 Å². The molecule has 3 N–H and O–H groups in total. The molecule has 3 aromatic heterocycles. The molecular weight excluding hydrogens is 354 g/mol. The largest absolute Gasteiger partial charge is 0.382 e. The second-order valence-corrected chi connectivity index (χ2v) is 7.16. The van der Waals surface area contributed by atoms with Crippen molar-refractivity contribution >= 4 is 39.4 Å². The van der Waals surface area contributed by atoms with Gasteiger partial charge in [0.2, 0.25) is 0 Å². The highest BCUT2D eigenvalue weighted by Gasteiger charge is 2.15. The zero-order valence-corrected chi connectivity index (χ0v) is 15.1. The molecule has 0 fully saturated rings. The normalized spacial score (nSPS) is 11.3. The van der Waals surface area contributed by atoms with Gasteiger partial charge in [-0.1, -0.05) is 60.3 Å². The van der Waals surface area contributed by atoms with Crippen molar-refractivity contribution in [3.63, 3.8) is 0 Å². The van der Waals surface area contributed by atoms with Crippen molar-refractivity contribution in [1.82, 2.24) is 20.2 Å². The molecule has 0 unspecified atom stereocenters. The topological polar surface area (TPSA) is 80.5 Å². The number of pyridine rings is 1. The molecule has 27 heavy (non-hydrogen) atoms. The summed E-state index contributed by atoms with van der Waals surface area (Å²) < 4.78 is 0. The summed E-state index contributed by atoms with van der Waals surface area (Å²) in [6, 6.07) is 20.3. The first-order valence-electron chi connectivity index (χ1n) is 8.51. The Morgan fingerprint density at radius 3 is 2.67 bits per heavy atom. The summed E-state index contributed by atoms with van der Waals surface area (Å²) in [4.78, 5) is 8.69. The van der Waals surface area contributed by atoms with Gasteiger partial charge in [-0.15, -0.1) is 10.2 Å². The number of H-pyrrole nitrogens is 1. The van der Waals surface area contributed by atoms with Gasteiger partial charge in [-0.3, -0.25) is 4.98 Å². The first-order chi connectivity index (χ1) is 13.3. The Bertz CT molecular complexity index is 1260. The van der Waals surface area contributed by atoms with Gasteiger partial charge in [-0.05, 0) is 23.3 Å². The second-order valence-electron chi connectivity index (χ2n) is 6.13. The van der Waals surface area contributed by atoms with Crippen LogP contribution in [0.2, 0.25) is 0 Å². The van der Waals surface area contributed by atoms with Crippen LogP contribution in [0.3, 0.4) is 0 Å². The molecule has 0 aliphatic heterocycles. The number of benzene rings is 2. The van der Waals surface area contributed by atoms with Crippen molar-refractivity contribution in [2.45, 2.75) is 9.92 Å². The maximum absolute atomic E-state index is 6.14. The summed E-state index contributed by atoms with van der Waals surface area (Å²) in [5.74, 6) is 0.437. The fourth-order valence-corrected chi connectivity index (χ4v) is 4.26. The van der Waals surface area contributed by atoms with E-state index in [-0.39, 0.29) is 0 Å². The molecule has 0 aliphatic rings. The third-order valence-electron chi connectivity index (χ3n) is 4.51. The van der Waals surface area contributed by atoms with Crippen molar-refractivity contribution in [2.75, 3.05) is 5.73 Å². The van der Waals surface area contributed by atoms with Crippen LogP contribution in [0.15, 0.2) is 83.0 Å². The van der Waals surface area contributed by atoms with Gasteiger partial charge in [0, 0.05) is 28.1 Å². The fourth-order valence-electron chi connectivity index (χ4n) is 3.25. The van der Waals surface area contributed by atoms with Crippen molar-refractivity contribution < 1.29 is 0 Å². The number of aromatic nitrogens is 4. The lowest BCUT2D eigenvalue weighted by molar-refractivity contribution is 0.965. The van der Waals surface area contributed by atoms with E-state index in [1.807, 2.05) is 54.9 Å². The number of fused-ring (bicyclic) bond motifs is 2. The van der Waals surface area contributed by atoms with E-state index in [4.69, 9.17) is 5.73 Å². The number of hydrogen-bond acceptors (Lipinski definition) is 5. The minimum absolute atomic E-state index is 0.437. The van der Waals surface area contributed by atoms with E-state index >= 15 is 0 Å². The highest BCUT2D eigenvalue weighted by atomic mass is 32.2. The molecule has 0 bridgehead atoms. The summed E-state index contributed by atoms with van der Waals surface area (Å²) >= 11 is 1.57. The Hall–Kier alpha value is -3.38. The predicted octanol–water partition coefficient (Wildman–Crippen LogP) is 4.91. The number of rotatable bonds is 3. The summed E-state index contributed by atoms with van der Waals surface area (Å²) in [5, 5.41) is 11.4. The fraction of sp³-hybridized carbons (Fsp3) is 0. The molecule has 0 spiro atoms. The molecule has 5 nitrogen and oxygen atoms in total. The number of nitrogens with two attached hydrogens (primary N) is 1. The van der Waals surface area contributed by atoms with E-state index in [1.54, 1.807) is 11.8 Å². The number of nitrogen functional groups attached to an aromatic ring is 1. The van der Waals surface area contributed by atoms with Crippen LogP contribution in [-0.2, 0) is 0 Å². The zero-order valence-electron chi connectivity index (χ0n) is 14.3. The lowest BCUT2D eigenvalue weighted by Gasteiger charge is -2.12. The summed E-state index contributed by atoms with van der Waals surface area (Å²) in [7, 11) is 0. The van der Waals surface area contributed by atoms with Gasteiger partial charge < -0.3 is 10.7 Å². The molecule has 3 heterocycles. The first kappa shape index (κ1) is 15.8. The van der Waals surface area contributed by atoms with Gasteiger partial charge in [0.15, 0.2) is 5.82 Å². The molecule has 0 amide bonds. The van der Waals surface area contributed by atoms with Gasteiger partial charge in [0.1, 0.15) is 5.03 Å². The van der Waals surface area contributed by atoms with E-state index < -0.39 is 0 Å². The smallest absolute Gasteiger partial charge is 0.154 e. The van der Waals surface area contributed by atoms with Gasteiger partial charge in [-0.2, -0.15) is 0 Å². The van der Waals surface area contributed by atoms with Crippen LogP contribution in [0.4, 0.5) is 5.82 Å². The predicted molar refractivity (Wildman–Crippen MR) is 110 cm³/mol. The number of aromatic amines is 1. The second kappa shape index (κ2) is 6.41. The number of nitrogens with one attached hydrogen (secondary N) is 1. The molecule has 0 saturated heterocycles. The molecular formula is C21H15N5S. The van der Waals surface area contributed by atoms with Crippen LogP contribution in [0.25, 0.3) is 32.9 Å². The van der Waals surface area contributed by atoms with Crippen LogP contribution in [-0.4, -0.2) is 20.2 Å². The standard InChI is InChI=1S/C21H15N5S/c22-20-15-8-4-7-14(13-5-2-1-3-6-13)18(15)21(26-25-20)27-17-10-12-23-16-9-11-24-19(16)17/h1-12,24H,(H2,22,25). The summed E-state index contributed by atoms with van der Waals surface area (Å²) in [5.41, 5.74) is 10.3. The maximum Gasteiger partial charge on any atom is 0.154 e. The van der Waals surface area contributed by atoms with E-state index in [9.17, 15) is 0 Å². The molecule has 5 rings (SSSR count). The molecule has 2 aromatic carbocycles. The molecule has 130 valence electrons. The van der Waals surface area contributed by atoms with Gasteiger partial charge >= 0.3 is 0 Å². The zero-order chi connectivity index (χ0) is 18.2. The summed E-state index contributed by atoms with van der Waals surface area (Å²) in [6.45, 7) is 0. The highest BCUT2D eigenvalue weighted by Crippen LogP contribution is 2.40. The third kappa shape index (κ3) is 2.71. The average Bonchev–Trinajstić information content (AvgIpc) is 3.20. The molecule has 0 aliphatic carbocycles. The molecule has 0 radical (unpaired) electrons. The van der Waals surface area contributed by atoms with Crippen molar-refractivity contribution in [1.29, 1.82) is 0 Å². The quantitative estimate of drug-likeness (QED) is 0.472. The Kier molecular flexibility index (Phi) is 3.76. The van der Waals surface area contributed by atoms with E-state index in [0.717, 1.165) is 42.9 Å². The number of hydrogen-bond donors (Lipinski definition) is 2. The monoisotopic (exact) mass is 369 g/mol. The Labute approximate surface area is 159 Å². The van der Waals surface area contributed by atoms with Gasteiger partial charge in [0.25, 0.3) is 0 Å². The van der Waals surface area contributed by atoms with E-state index in [2.05, 4.69) is 38.4 Å². The maximum atomic E-state index is 6.14. The Balaban J connectivity index is 1.75. The molecule has 5 aromatic rings. The lowest BCUT2D eigenvalue weighted by Crippen LogP contribution is -1.98. The van der Waals surface area contributed by atoms with E-state index in [0.29, 0.717) is 5.82 Å². The lowest BCUT2D eigenvalue weighted by atomic mass is 10.00. The minimum Gasteiger partial charge on any atom is -0.382 e. The van der Waals surface area contributed by atoms with Gasteiger partial charge in [-0.25, -0.2) is 0 Å². The van der Waals surface area contributed by atoms with Crippen LogP contribution < -0.4 is 5.73 Å². The van der Waals surface area contributed by atoms with E-state index in [1.165, 1.54) is 0 Å². The van der Waals surface area contributed by atoms with Crippen LogP contribution in [0.5, 0.6) is 0 Å². The number of anilines is 1. The molecule has 0 saturated carbocycles. The Morgan fingerprint density at radius 2 is 1.78 bits per heavy atom. The SMILES string of the molecule is Nc1nnc(Sc2ccnc3cc[nH]c23)c2c(-c3ccccc3)cccc12. The Morgan fingerprint density at radius 1 is 0.889 bits per heavy atom. The van der Waals surface area contributed by atoms with Gasteiger partial charge in [0.05, 0.1) is 11.0 Å². The summed E-state index contributed by atoms with van der Waals surface area (Å²) in [6.07, 6.45) is 3.70. The highest BCUT2D eigenvalue weighted by molar-refractivity contribution is 7.99. The molecule has 0 atom stereocenters. The third-order valence-corrected chi connectivity index (χ3v) is 5.54. The van der Waals surface area contributed by atoms with Crippen LogP contribution in [0.1, 0.15) is 0 Å². The van der Waals surface area contributed by atoms with Crippen molar-refractivity contribution in [3.8, 4) is 11.1 Å². The van der Waals surface area contributed by atoms with Crippen LogP contribution in [0, 0.1) is 0 Å². The molecule has 6 heteroatoms.